The van der Waals surface area contributed by atoms with E-state index in [9.17, 15) is 14.0 Å². The third-order valence-corrected chi connectivity index (χ3v) is 7.25. The summed E-state index contributed by atoms with van der Waals surface area (Å²) in [4.78, 5) is 28.0. The number of primary amides is 1. The van der Waals surface area contributed by atoms with E-state index in [1.807, 2.05) is 48.2 Å². The number of anilines is 1. The van der Waals surface area contributed by atoms with Crippen molar-refractivity contribution in [3.8, 4) is 11.1 Å². The molecule has 6 rings (SSSR count). The number of nitrogens with zero attached hydrogens (tertiary/aromatic N) is 3. The second-order valence-electron chi connectivity index (χ2n) is 10.1. The van der Waals surface area contributed by atoms with Gasteiger partial charge in [0.05, 0.1) is 16.8 Å². The number of halogens is 2. The molecule has 3 aromatic carbocycles. The molecule has 2 heterocycles. The lowest BCUT2D eigenvalue weighted by Crippen LogP contribution is -2.33. The Morgan fingerprint density at radius 3 is 2.38 bits per heavy atom. The summed E-state index contributed by atoms with van der Waals surface area (Å²) >= 11 is 0. The number of aryl methyl sites for hydroxylation is 1. The summed E-state index contributed by atoms with van der Waals surface area (Å²) in [6.07, 6.45) is 2.06. The molecule has 0 atom stereocenters. The lowest BCUT2D eigenvalue weighted by atomic mass is 9.97. The lowest BCUT2D eigenvalue weighted by molar-refractivity contribution is 0.0981. The Labute approximate surface area is 229 Å². The molecule has 1 aliphatic rings. The number of pyridine rings is 1. The SMILES string of the molecule is Cc1ccc(C(=O)N(c2ccccc2)C2CC2)cc1-c1cc(F)n2nc(Cc3ccc(F)cc3)c(C(N)=O)c2c1. The molecule has 5 aromatic rings. The van der Waals surface area contributed by atoms with Crippen LogP contribution >= 0.6 is 0 Å². The van der Waals surface area contributed by atoms with E-state index in [-0.39, 0.29) is 35.3 Å². The molecule has 0 aliphatic heterocycles. The monoisotopic (exact) mass is 536 g/mol. The highest BCUT2D eigenvalue weighted by atomic mass is 19.1. The highest BCUT2D eigenvalue weighted by Gasteiger charge is 2.34. The van der Waals surface area contributed by atoms with E-state index in [4.69, 9.17) is 5.73 Å². The van der Waals surface area contributed by atoms with Crippen LogP contribution in [0.1, 0.15) is 50.4 Å². The van der Waals surface area contributed by atoms with Crippen molar-refractivity contribution in [3.05, 3.63) is 125 Å². The Balaban J connectivity index is 1.42. The van der Waals surface area contributed by atoms with Crippen LogP contribution in [0.5, 0.6) is 0 Å². The average molecular weight is 537 g/mol. The van der Waals surface area contributed by atoms with Crippen LogP contribution in [0.15, 0.2) is 84.9 Å². The third-order valence-electron chi connectivity index (χ3n) is 7.25. The minimum absolute atomic E-state index is 0.0962. The van der Waals surface area contributed by atoms with Gasteiger partial charge in [-0.05, 0) is 84.5 Å². The van der Waals surface area contributed by atoms with Gasteiger partial charge in [-0.3, -0.25) is 9.59 Å². The molecule has 1 aliphatic carbocycles. The van der Waals surface area contributed by atoms with Crippen LogP contribution in [0.4, 0.5) is 14.5 Å². The quantitative estimate of drug-likeness (QED) is 0.256. The predicted molar refractivity (Wildman–Crippen MR) is 149 cm³/mol. The molecule has 1 fully saturated rings. The molecule has 0 unspecified atom stereocenters. The van der Waals surface area contributed by atoms with E-state index in [0.717, 1.165) is 28.6 Å². The van der Waals surface area contributed by atoms with Crippen molar-refractivity contribution >= 4 is 23.0 Å². The highest BCUT2D eigenvalue weighted by molar-refractivity contribution is 6.07. The number of rotatable bonds is 7. The van der Waals surface area contributed by atoms with E-state index >= 15 is 4.39 Å². The molecule has 0 bridgehead atoms. The van der Waals surface area contributed by atoms with Gasteiger partial charge < -0.3 is 10.6 Å². The first-order valence-corrected chi connectivity index (χ1v) is 13.0. The molecular formula is C32H26F2N4O2. The van der Waals surface area contributed by atoms with E-state index in [0.29, 0.717) is 27.9 Å². The fraction of sp³-hybridized carbons (Fsp3) is 0.156. The molecule has 8 heteroatoms. The Morgan fingerprint density at radius 2 is 1.70 bits per heavy atom. The topological polar surface area (TPSA) is 80.7 Å². The van der Waals surface area contributed by atoms with Crippen LogP contribution < -0.4 is 10.6 Å². The molecule has 6 nitrogen and oxygen atoms in total. The third kappa shape index (κ3) is 4.73. The van der Waals surface area contributed by atoms with Gasteiger partial charge in [0.15, 0.2) is 0 Å². The van der Waals surface area contributed by atoms with E-state index in [1.54, 1.807) is 30.3 Å². The van der Waals surface area contributed by atoms with Crippen molar-refractivity contribution in [1.82, 2.24) is 9.61 Å². The van der Waals surface area contributed by atoms with Crippen molar-refractivity contribution in [1.29, 1.82) is 0 Å². The summed E-state index contributed by atoms with van der Waals surface area (Å²) in [6, 6.07) is 23.9. The normalized spacial score (nSPS) is 13.0. The number of para-hydroxylation sites is 1. The number of carbonyl (C=O) groups is 2. The number of amides is 2. The van der Waals surface area contributed by atoms with Crippen molar-refractivity contribution < 1.29 is 18.4 Å². The van der Waals surface area contributed by atoms with Gasteiger partial charge in [0.1, 0.15) is 5.82 Å². The lowest BCUT2D eigenvalue weighted by Gasteiger charge is -2.23. The summed E-state index contributed by atoms with van der Waals surface area (Å²) in [7, 11) is 0. The highest BCUT2D eigenvalue weighted by Crippen LogP contribution is 2.35. The summed E-state index contributed by atoms with van der Waals surface area (Å²) < 4.78 is 29.9. The van der Waals surface area contributed by atoms with Crippen molar-refractivity contribution in [2.45, 2.75) is 32.2 Å². The molecule has 40 heavy (non-hydrogen) atoms. The standard InChI is InChI=1S/C32H26F2N4O2/c1-19-7-10-21(32(40)37(25-13-14-25)24-5-3-2-4-6-24)16-26(19)22-17-28-30(31(35)39)27(36-38(28)29(34)18-22)15-20-8-11-23(33)12-9-20/h2-12,16-18,25H,13-15H2,1H3,(H2,35,39). The molecule has 0 radical (unpaired) electrons. The summed E-state index contributed by atoms with van der Waals surface area (Å²) in [5, 5.41) is 4.32. The largest absolute Gasteiger partial charge is 0.365 e. The zero-order valence-electron chi connectivity index (χ0n) is 21.8. The molecule has 1 saturated carbocycles. The summed E-state index contributed by atoms with van der Waals surface area (Å²) in [6.45, 7) is 1.88. The summed E-state index contributed by atoms with van der Waals surface area (Å²) in [5.41, 5.74) is 10.4. The number of hydrogen-bond acceptors (Lipinski definition) is 3. The summed E-state index contributed by atoms with van der Waals surface area (Å²) in [5.74, 6) is -1.93. The molecule has 200 valence electrons. The fourth-order valence-electron chi connectivity index (χ4n) is 5.12. The Morgan fingerprint density at radius 1 is 0.975 bits per heavy atom. The van der Waals surface area contributed by atoms with Gasteiger partial charge in [0, 0.05) is 29.8 Å². The first-order chi connectivity index (χ1) is 19.3. The minimum atomic E-state index is -0.743. The maximum atomic E-state index is 15.5. The number of hydrogen-bond donors (Lipinski definition) is 1. The van der Waals surface area contributed by atoms with E-state index in [2.05, 4.69) is 5.10 Å². The Bertz CT molecular complexity index is 1760. The number of carbonyl (C=O) groups excluding carboxylic acids is 2. The van der Waals surface area contributed by atoms with Gasteiger partial charge in [-0.25, -0.2) is 8.91 Å². The molecule has 2 aromatic heterocycles. The van der Waals surface area contributed by atoms with Gasteiger partial charge in [0.25, 0.3) is 11.8 Å². The molecular weight excluding hydrogens is 510 g/mol. The van der Waals surface area contributed by atoms with Crippen LogP contribution in [0.25, 0.3) is 16.6 Å². The van der Waals surface area contributed by atoms with Gasteiger partial charge in [-0.1, -0.05) is 36.4 Å². The maximum absolute atomic E-state index is 15.5. The molecule has 2 amide bonds. The smallest absolute Gasteiger partial charge is 0.258 e. The van der Waals surface area contributed by atoms with E-state index < -0.39 is 11.9 Å². The Kier molecular flexibility index (Phi) is 6.38. The second-order valence-corrected chi connectivity index (χ2v) is 10.1. The zero-order chi connectivity index (χ0) is 28.0. The second kappa shape index (κ2) is 10.0. The van der Waals surface area contributed by atoms with Gasteiger partial charge in [-0.2, -0.15) is 9.49 Å². The van der Waals surface area contributed by atoms with Crippen LogP contribution in [0.3, 0.4) is 0 Å². The number of fused-ring (bicyclic) bond motifs is 1. The molecule has 2 N–H and O–H groups in total. The van der Waals surface area contributed by atoms with Crippen LogP contribution in [0.2, 0.25) is 0 Å². The van der Waals surface area contributed by atoms with Gasteiger partial charge in [0.2, 0.25) is 5.95 Å². The van der Waals surface area contributed by atoms with Crippen molar-refractivity contribution in [2.24, 2.45) is 5.73 Å². The van der Waals surface area contributed by atoms with Crippen LogP contribution in [0, 0.1) is 18.7 Å². The number of aromatic nitrogens is 2. The van der Waals surface area contributed by atoms with Crippen LogP contribution in [-0.2, 0) is 6.42 Å². The van der Waals surface area contributed by atoms with E-state index in [1.165, 1.54) is 18.2 Å². The minimum Gasteiger partial charge on any atom is -0.365 e. The first kappa shape index (κ1) is 25.4. The van der Waals surface area contributed by atoms with Crippen molar-refractivity contribution in [2.75, 3.05) is 4.90 Å². The number of nitrogens with two attached hydrogens (primary N) is 1. The van der Waals surface area contributed by atoms with Crippen LogP contribution in [-0.4, -0.2) is 27.5 Å². The average Bonchev–Trinajstić information content (AvgIpc) is 3.70. The van der Waals surface area contributed by atoms with Gasteiger partial charge >= 0.3 is 0 Å². The first-order valence-electron chi connectivity index (χ1n) is 13.0. The molecule has 0 saturated heterocycles. The zero-order valence-corrected chi connectivity index (χ0v) is 21.8. The Hall–Kier alpha value is -4.85. The fourth-order valence-corrected chi connectivity index (χ4v) is 5.12. The maximum Gasteiger partial charge on any atom is 0.258 e. The number of benzene rings is 3. The van der Waals surface area contributed by atoms with Gasteiger partial charge in [-0.15, -0.1) is 0 Å². The molecule has 0 spiro atoms. The van der Waals surface area contributed by atoms with Crippen molar-refractivity contribution in [3.63, 3.8) is 0 Å². The predicted octanol–water partition coefficient (Wildman–Crippen LogP) is 6.09.